The summed E-state index contributed by atoms with van der Waals surface area (Å²) in [4.78, 5) is 30.9. The smallest absolute Gasteiger partial charge is 0.266 e. The molecule has 0 atom stereocenters. The fraction of sp³-hybridized carbons (Fsp3) is 0.192. The molecule has 0 saturated carbocycles. The Hall–Kier alpha value is -3.78. The second-order valence-electron chi connectivity index (χ2n) is 7.48. The van der Waals surface area contributed by atoms with Crippen LogP contribution < -0.4 is 20.3 Å². The van der Waals surface area contributed by atoms with Gasteiger partial charge in [-0.15, -0.1) is 0 Å². The lowest BCUT2D eigenvalue weighted by Crippen LogP contribution is -2.23. The summed E-state index contributed by atoms with van der Waals surface area (Å²) in [6, 6.07) is 20.2. The van der Waals surface area contributed by atoms with Crippen LogP contribution in [0.1, 0.15) is 12.5 Å². The molecule has 1 N–H and O–H groups in total. The number of amides is 1. The number of hydrogen-bond donors (Lipinski definition) is 1. The van der Waals surface area contributed by atoms with Gasteiger partial charge in [-0.2, -0.15) is 0 Å². The minimum atomic E-state index is -0.258. The molecule has 4 aromatic rings. The van der Waals surface area contributed by atoms with Crippen LogP contribution >= 0.6 is 11.8 Å². The first-order chi connectivity index (χ1) is 16.5. The van der Waals surface area contributed by atoms with E-state index in [1.807, 2.05) is 36.4 Å². The van der Waals surface area contributed by atoms with Crippen LogP contribution in [0.15, 0.2) is 76.7 Å². The maximum absolute atomic E-state index is 13.4. The largest absolute Gasteiger partial charge is 0.497 e. The number of carbonyl (C=O) groups excluding carboxylic acids is 1. The van der Waals surface area contributed by atoms with Gasteiger partial charge in [0.2, 0.25) is 5.91 Å². The van der Waals surface area contributed by atoms with Gasteiger partial charge in [0.1, 0.15) is 11.5 Å². The number of hydrogen-bond acceptors (Lipinski definition) is 6. The van der Waals surface area contributed by atoms with Crippen LogP contribution in [0.5, 0.6) is 11.5 Å². The monoisotopic (exact) mass is 475 g/mol. The van der Waals surface area contributed by atoms with Crippen molar-refractivity contribution in [2.45, 2.75) is 18.5 Å². The Morgan fingerprint density at radius 3 is 2.50 bits per heavy atom. The zero-order chi connectivity index (χ0) is 24.1. The summed E-state index contributed by atoms with van der Waals surface area (Å²) in [5.41, 5.74) is 2.80. The Morgan fingerprint density at radius 2 is 1.79 bits per heavy atom. The highest BCUT2D eigenvalue weighted by molar-refractivity contribution is 7.99. The molecule has 7 nitrogen and oxygen atoms in total. The summed E-state index contributed by atoms with van der Waals surface area (Å²) >= 11 is 1.20. The van der Waals surface area contributed by atoms with Gasteiger partial charge >= 0.3 is 0 Å². The molecular formula is C26H25N3O4S. The summed E-state index contributed by atoms with van der Waals surface area (Å²) in [6.07, 6.45) is 0.903. The van der Waals surface area contributed by atoms with E-state index in [0.717, 1.165) is 6.42 Å². The first-order valence-electron chi connectivity index (χ1n) is 10.8. The minimum absolute atomic E-state index is 0.0538. The average Bonchev–Trinajstić information content (AvgIpc) is 2.87. The van der Waals surface area contributed by atoms with Crippen molar-refractivity contribution in [1.82, 2.24) is 9.55 Å². The molecule has 3 aromatic carbocycles. The van der Waals surface area contributed by atoms with E-state index in [1.165, 1.54) is 24.4 Å². The van der Waals surface area contributed by atoms with E-state index in [1.54, 1.807) is 42.0 Å². The number of fused-ring (bicyclic) bond motifs is 1. The molecule has 0 radical (unpaired) electrons. The van der Waals surface area contributed by atoms with E-state index < -0.39 is 0 Å². The van der Waals surface area contributed by atoms with E-state index in [-0.39, 0.29) is 17.2 Å². The lowest BCUT2D eigenvalue weighted by atomic mass is 10.1. The Morgan fingerprint density at radius 1 is 1.03 bits per heavy atom. The predicted octanol–water partition coefficient (Wildman–Crippen LogP) is 4.70. The first kappa shape index (κ1) is 23.4. The second kappa shape index (κ2) is 10.4. The molecule has 0 unspecified atom stereocenters. The van der Waals surface area contributed by atoms with Crippen molar-refractivity contribution < 1.29 is 14.3 Å². The number of nitrogens with one attached hydrogen (secondary N) is 1. The quantitative estimate of drug-likeness (QED) is 0.294. The molecule has 0 fully saturated rings. The van der Waals surface area contributed by atoms with Crippen molar-refractivity contribution in [3.63, 3.8) is 0 Å². The van der Waals surface area contributed by atoms with Gasteiger partial charge in [-0.05, 0) is 48.4 Å². The number of benzene rings is 3. The third-order valence-corrected chi connectivity index (χ3v) is 6.30. The molecule has 0 spiro atoms. The number of anilines is 1. The fourth-order valence-electron chi connectivity index (χ4n) is 3.55. The summed E-state index contributed by atoms with van der Waals surface area (Å²) in [7, 11) is 3.09. The van der Waals surface area contributed by atoms with E-state index in [0.29, 0.717) is 38.9 Å². The Labute approximate surface area is 201 Å². The number of aryl methyl sites for hydroxylation is 1. The minimum Gasteiger partial charge on any atom is -0.497 e. The molecule has 1 heterocycles. The molecule has 4 rings (SSSR count). The number of nitrogens with zero attached hydrogens (tertiary/aromatic N) is 2. The fourth-order valence-corrected chi connectivity index (χ4v) is 4.36. The summed E-state index contributed by atoms with van der Waals surface area (Å²) in [5, 5.41) is 3.82. The molecule has 8 heteroatoms. The molecular weight excluding hydrogens is 450 g/mol. The molecule has 1 aromatic heterocycles. The van der Waals surface area contributed by atoms with Gasteiger partial charge < -0.3 is 14.8 Å². The molecule has 174 valence electrons. The van der Waals surface area contributed by atoms with Crippen LogP contribution in [0.25, 0.3) is 16.6 Å². The topological polar surface area (TPSA) is 82.5 Å². The highest BCUT2D eigenvalue weighted by Crippen LogP contribution is 2.29. The maximum Gasteiger partial charge on any atom is 0.266 e. The zero-order valence-electron chi connectivity index (χ0n) is 19.2. The Kier molecular flexibility index (Phi) is 7.18. The highest BCUT2D eigenvalue weighted by atomic mass is 32.2. The van der Waals surface area contributed by atoms with Gasteiger partial charge in [0.05, 0.1) is 42.3 Å². The van der Waals surface area contributed by atoms with Gasteiger partial charge in [-0.3, -0.25) is 14.2 Å². The number of methoxy groups -OCH3 is 2. The number of thioether (sulfide) groups is 1. The van der Waals surface area contributed by atoms with Gasteiger partial charge in [0.25, 0.3) is 5.56 Å². The van der Waals surface area contributed by atoms with Crippen LogP contribution in [0.2, 0.25) is 0 Å². The Bertz CT molecular complexity index is 1380. The SMILES string of the molecule is CCc1ccc(-n2c(SCC(=O)Nc3cc(OC)ccc3OC)nc3ccccc3c2=O)cc1. The van der Waals surface area contributed by atoms with E-state index in [9.17, 15) is 9.59 Å². The number of aromatic nitrogens is 2. The second-order valence-corrected chi connectivity index (χ2v) is 8.42. The van der Waals surface area contributed by atoms with Gasteiger partial charge in [-0.25, -0.2) is 4.98 Å². The van der Waals surface area contributed by atoms with Crippen molar-refractivity contribution in [3.05, 3.63) is 82.6 Å². The number of carbonyl (C=O) groups is 1. The molecule has 0 saturated heterocycles. The zero-order valence-corrected chi connectivity index (χ0v) is 20.0. The standard InChI is InChI=1S/C26H25N3O4S/c1-4-17-9-11-18(12-10-17)29-25(31)20-7-5-6-8-21(20)28-26(29)34-16-24(30)27-22-15-19(32-2)13-14-23(22)33-3/h5-15H,4,16H2,1-3H3,(H,27,30). The van der Waals surface area contributed by atoms with Crippen molar-refractivity contribution in [2.75, 3.05) is 25.3 Å². The van der Waals surface area contributed by atoms with Crippen LogP contribution in [0, 0.1) is 0 Å². The summed E-state index contributed by atoms with van der Waals surface area (Å²) in [5.74, 6) is 0.921. The molecule has 0 bridgehead atoms. The number of ether oxygens (including phenoxy) is 2. The predicted molar refractivity (Wildman–Crippen MR) is 136 cm³/mol. The van der Waals surface area contributed by atoms with E-state index in [4.69, 9.17) is 14.5 Å². The number of rotatable bonds is 8. The lowest BCUT2D eigenvalue weighted by molar-refractivity contribution is -0.113. The number of para-hydroxylation sites is 1. The van der Waals surface area contributed by atoms with Crippen molar-refractivity contribution in [3.8, 4) is 17.2 Å². The van der Waals surface area contributed by atoms with Gasteiger partial charge in [0, 0.05) is 6.07 Å². The molecule has 0 aliphatic heterocycles. The van der Waals surface area contributed by atoms with Crippen molar-refractivity contribution in [2.24, 2.45) is 0 Å². The van der Waals surface area contributed by atoms with E-state index in [2.05, 4.69) is 12.2 Å². The normalized spacial score (nSPS) is 10.8. The molecule has 34 heavy (non-hydrogen) atoms. The van der Waals surface area contributed by atoms with Crippen molar-refractivity contribution in [1.29, 1.82) is 0 Å². The van der Waals surface area contributed by atoms with Crippen LogP contribution in [-0.2, 0) is 11.2 Å². The maximum atomic E-state index is 13.4. The van der Waals surface area contributed by atoms with Gasteiger partial charge in [-0.1, -0.05) is 43.0 Å². The third kappa shape index (κ3) is 4.92. The summed E-state index contributed by atoms with van der Waals surface area (Å²) < 4.78 is 12.1. The van der Waals surface area contributed by atoms with Gasteiger partial charge in [0.15, 0.2) is 5.16 Å². The van der Waals surface area contributed by atoms with Crippen LogP contribution in [0.3, 0.4) is 0 Å². The highest BCUT2D eigenvalue weighted by Gasteiger charge is 2.16. The van der Waals surface area contributed by atoms with Crippen LogP contribution in [-0.4, -0.2) is 35.4 Å². The average molecular weight is 476 g/mol. The van der Waals surface area contributed by atoms with Crippen molar-refractivity contribution >= 4 is 34.3 Å². The molecule has 1 amide bonds. The third-order valence-electron chi connectivity index (χ3n) is 5.36. The summed E-state index contributed by atoms with van der Waals surface area (Å²) in [6.45, 7) is 2.08. The Balaban J connectivity index is 1.65. The van der Waals surface area contributed by atoms with E-state index >= 15 is 0 Å². The van der Waals surface area contributed by atoms with Crippen LogP contribution in [0.4, 0.5) is 5.69 Å². The molecule has 0 aliphatic rings. The first-order valence-corrected chi connectivity index (χ1v) is 11.8. The molecule has 0 aliphatic carbocycles. The lowest BCUT2D eigenvalue weighted by Gasteiger charge is -2.14.